The summed E-state index contributed by atoms with van der Waals surface area (Å²) in [5.74, 6) is 2.82. The summed E-state index contributed by atoms with van der Waals surface area (Å²) in [5.41, 5.74) is 1.50. The quantitative estimate of drug-likeness (QED) is 0.595. The topological polar surface area (TPSA) is 98.5 Å². The molecule has 2 unspecified atom stereocenters. The first kappa shape index (κ1) is 20.2. The highest BCUT2D eigenvalue weighted by Gasteiger charge is 2.28. The maximum atomic E-state index is 12.2. The molecule has 1 amide bonds. The summed E-state index contributed by atoms with van der Waals surface area (Å²) in [7, 11) is 3.23. The summed E-state index contributed by atoms with van der Waals surface area (Å²) in [6.45, 7) is 0. The maximum absolute atomic E-state index is 12.2. The van der Waals surface area contributed by atoms with Gasteiger partial charge in [0.1, 0.15) is 17.0 Å². The summed E-state index contributed by atoms with van der Waals surface area (Å²) in [6, 6.07) is 15.1. The van der Waals surface area contributed by atoms with Crippen LogP contribution < -0.4 is 20.1 Å². The molecule has 0 saturated carbocycles. The van der Waals surface area contributed by atoms with Gasteiger partial charge in [-0.1, -0.05) is 29.4 Å². The zero-order valence-corrected chi connectivity index (χ0v) is 17.4. The molecule has 2 heterocycles. The minimum absolute atomic E-state index is 0.0145. The number of benzene rings is 2. The van der Waals surface area contributed by atoms with E-state index >= 15 is 0 Å². The van der Waals surface area contributed by atoms with Crippen molar-refractivity contribution in [2.45, 2.75) is 23.7 Å². The molecule has 0 aliphatic carbocycles. The van der Waals surface area contributed by atoms with Crippen molar-refractivity contribution in [3.63, 3.8) is 0 Å². The molecule has 1 aromatic heterocycles. The third kappa shape index (κ3) is 4.58. The van der Waals surface area contributed by atoms with Crippen molar-refractivity contribution in [2.75, 3.05) is 14.2 Å². The van der Waals surface area contributed by atoms with E-state index in [4.69, 9.17) is 14.0 Å². The normalized spacial score (nSPS) is 18.7. The Kier molecular flexibility index (Phi) is 6.20. The Balaban J connectivity index is 1.41. The lowest BCUT2D eigenvalue weighted by Gasteiger charge is -2.31. The number of rotatable bonds is 7. The number of carbonyl (C=O) groups is 1. The summed E-state index contributed by atoms with van der Waals surface area (Å²) >= 11 is 1.48. The summed E-state index contributed by atoms with van der Waals surface area (Å²) < 4.78 is 16.0. The fourth-order valence-corrected chi connectivity index (χ4v) is 4.14. The number of hydrogen-bond acceptors (Lipinski definition) is 8. The van der Waals surface area contributed by atoms with Gasteiger partial charge in [-0.15, -0.1) is 11.8 Å². The third-order valence-corrected chi connectivity index (χ3v) is 5.72. The molecule has 9 heteroatoms. The number of nitrogens with one attached hydrogen (secondary N) is 2. The molecule has 0 bridgehead atoms. The molecule has 1 fully saturated rings. The van der Waals surface area contributed by atoms with Crippen LogP contribution in [0.25, 0.3) is 11.4 Å². The predicted molar refractivity (Wildman–Crippen MR) is 113 cm³/mol. The van der Waals surface area contributed by atoms with Crippen LogP contribution in [0, 0.1) is 0 Å². The highest BCUT2D eigenvalue weighted by atomic mass is 32.2. The maximum Gasteiger partial charge on any atom is 0.237 e. The Morgan fingerprint density at radius 1 is 1.17 bits per heavy atom. The number of methoxy groups -OCH3 is 2. The van der Waals surface area contributed by atoms with Gasteiger partial charge in [-0.2, -0.15) is 4.98 Å². The third-order valence-electron chi connectivity index (χ3n) is 4.72. The van der Waals surface area contributed by atoms with E-state index in [0.29, 0.717) is 29.6 Å². The number of para-hydroxylation sites is 1. The highest BCUT2D eigenvalue weighted by molar-refractivity contribution is 7.99. The van der Waals surface area contributed by atoms with Gasteiger partial charge in [-0.3, -0.25) is 10.1 Å². The van der Waals surface area contributed by atoms with E-state index in [-0.39, 0.29) is 17.4 Å². The molecule has 1 aliphatic heterocycles. The van der Waals surface area contributed by atoms with E-state index in [0.717, 1.165) is 16.9 Å². The zero-order chi connectivity index (χ0) is 20.9. The Morgan fingerprint density at radius 3 is 2.87 bits per heavy atom. The van der Waals surface area contributed by atoms with Crippen LogP contribution in [0.15, 0.2) is 53.1 Å². The molecule has 0 radical (unpaired) electrons. The van der Waals surface area contributed by atoms with Crippen molar-refractivity contribution < 1.29 is 18.8 Å². The van der Waals surface area contributed by atoms with Crippen molar-refractivity contribution >= 4 is 17.7 Å². The number of ether oxygens (including phenoxy) is 2. The lowest BCUT2D eigenvalue weighted by molar-refractivity contribution is -0.123. The number of carbonyl (C=O) groups excluding carboxylic acids is 1. The second-order valence-electron chi connectivity index (χ2n) is 6.67. The number of nitrogens with zero attached hydrogens (tertiary/aromatic N) is 2. The summed E-state index contributed by atoms with van der Waals surface area (Å²) in [6.07, 6.45) is 0.364. The largest absolute Gasteiger partial charge is 0.497 e. The Hall–Kier alpha value is -3.04. The molecule has 0 spiro atoms. The van der Waals surface area contributed by atoms with Crippen LogP contribution in [0.2, 0.25) is 0 Å². The smallest absolute Gasteiger partial charge is 0.237 e. The van der Waals surface area contributed by atoms with Gasteiger partial charge in [0.05, 0.1) is 25.5 Å². The van der Waals surface area contributed by atoms with E-state index in [9.17, 15) is 4.79 Å². The molecule has 3 aromatic rings. The molecule has 2 aromatic carbocycles. The first-order chi connectivity index (χ1) is 14.7. The van der Waals surface area contributed by atoms with E-state index in [1.165, 1.54) is 11.8 Å². The van der Waals surface area contributed by atoms with Crippen LogP contribution in [0.4, 0.5) is 0 Å². The van der Waals surface area contributed by atoms with Gasteiger partial charge in [0, 0.05) is 12.5 Å². The lowest BCUT2D eigenvalue weighted by atomic mass is 10.0. The van der Waals surface area contributed by atoms with Crippen LogP contribution in [0.5, 0.6) is 11.5 Å². The van der Waals surface area contributed by atoms with Gasteiger partial charge in [-0.05, 0) is 29.8 Å². The van der Waals surface area contributed by atoms with Gasteiger partial charge in [0.15, 0.2) is 0 Å². The fraction of sp³-hybridized carbons (Fsp3) is 0.286. The average Bonchev–Trinajstić information content (AvgIpc) is 3.26. The van der Waals surface area contributed by atoms with Crippen LogP contribution in [0.3, 0.4) is 0 Å². The van der Waals surface area contributed by atoms with E-state index in [1.807, 2.05) is 48.5 Å². The number of hydrogen-bond donors (Lipinski definition) is 2. The second kappa shape index (κ2) is 9.19. The van der Waals surface area contributed by atoms with Crippen molar-refractivity contribution in [1.29, 1.82) is 0 Å². The number of amides is 1. The Morgan fingerprint density at radius 2 is 2.03 bits per heavy atom. The molecule has 30 heavy (non-hydrogen) atoms. The minimum atomic E-state index is -0.274. The van der Waals surface area contributed by atoms with Crippen LogP contribution in [-0.4, -0.2) is 35.8 Å². The monoisotopic (exact) mass is 426 g/mol. The molecule has 1 saturated heterocycles. The minimum Gasteiger partial charge on any atom is -0.497 e. The van der Waals surface area contributed by atoms with Crippen LogP contribution >= 0.6 is 11.8 Å². The van der Waals surface area contributed by atoms with Crippen molar-refractivity contribution in [1.82, 2.24) is 20.8 Å². The van der Waals surface area contributed by atoms with Crippen molar-refractivity contribution in [3.05, 3.63) is 60.0 Å². The van der Waals surface area contributed by atoms with Gasteiger partial charge >= 0.3 is 0 Å². The molecule has 1 aliphatic rings. The highest BCUT2D eigenvalue weighted by Crippen LogP contribution is 2.29. The Labute approximate surface area is 178 Å². The number of aromatic nitrogens is 2. The summed E-state index contributed by atoms with van der Waals surface area (Å²) in [5, 5.41) is 10.4. The lowest BCUT2D eigenvalue weighted by Crippen LogP contribution is -2.50. The Bertz CT molecular complexity index is 1030. The number of thioether (sulfide) groups is 1. The predicted octanol–water partition coefficient (Wildman–Crippen LogP) is 3.12. The van der Waals surface area contributed by atoms with Crippen LogP contribution in [-0.2, 0) is 10.5 Å². The standard InChI is InChI=1S/C21H22N4O4S/c1-27-14-7-5-6-13(10-14)16-11-18(26)23-21(22-16)30-12-19-24-20(25-29-19)15-8-3-4-9-17(15)28-2/h3-10,16,21-22H,11-12H2,1-2H3,(H,23,26). The van der Waals surface area contributed by atoms with Gasteiger partial charge in [-0.25, -0.2) is 0 Å². The van der Waals surface area contributed by atoms with Gasteiger partial charge in [0.2, 0.25) is 17.6 Å². The molecule has 2 atom stereocenters. The molecular weight excluding hydrogens is 404 g/mol. The van der Waals surface area contributed by atoms with Crippen LogP contribution in [0.1, 0.15) is 23.9 Å². The van der Waals surface area contributed by atoms with E-state index in [1.54, 1.807) is 14.2 Å². The van der Waals surface area contributed by atoms with Crippen molar-refractivity contribution in [2.24, 2.45) is 0 Å². The zero-order valence-electron chi connectivity index (χ0n) is 16.6. The van der Waals surface area contributed by atoms with Gasteiger partial charge in [0.25, 0.3) is 0 Å². The van der Waals surface area contributed by atoms with E-state index < -0.39 is 0 Å². The molecule has 156 valence electrons. The first-order valence-corrected chi connectivity index (χ1v) is 10.5. The van der Waals surface area contributed by atoms with Gasteiger partial charge < -0.3 is 19.3 Å². The van der Waals surface area contributed by atoms with E-state index in [2.05, 4.69) is 20.8 Å². The molecule has 8 nitrogen and oxygen atoms in total. The fourth-order valence-electron chi connectivity index (χ4n) is 3.24. The average molecular weight is 426 g/mol. The second-order valence-corrected chi connectivity index (χ2v) is 7.76. The molecule has 2 N–H and O–H groups in total. The van der Waals surface area contributed by atoms with Crippen molar-refractivity contribution in [3.8, 4) is 22.9 Å². The SMILES string of the molecule is COc1cccc(C2CC(=O)NC(SCc3nc(-c4ccccc4OC)no3)N2)c1. The first-order valence-electron chi connectivity index (χ1n) is 9.43. The molecule has 4 rings (SSSR count). The summed E-state index contributed by atoms with van der Waals surface area (Å²) in [4.78, 5) is 16.7. The molecular formula is C21H22N4O4S.